The third-order valence-electron chi connectivity index (χ3n) is 2.51. The smallest absolute Gasteiger partial charge is 0.126 e. The van der Waals surface area contributed by atoms with Crippen LogP contribution in [0.5, 0.6) is 0 Å². The maximum atomic E-state index is 13.0. The lowest BCUT2D eigenvalue weighted by Gasteiger charge is -2.24. The van der Waals surface area contributed by atoms with Crippen molar-refractivity contribution in [2.24, 2.45) is 0 Å². The summed E-state index contributed by atoms with van der Waals surface area (Å²) in [5.74, 6) is -1.27. The summed E-state index contributed by atoms with van der Waals surface area (Å²) in [6.07, 6.45) is 0. The Balaban J connectivity index is 2.67. The molecule has 0 saturated heterocycles. The van der Waals surface area contributed by atoms with Crippen LogP contribution in [-0.2, 0) is 0 Å². The summed E-state index contributed by atoms with van der Waals surface area (Å²) in [5, 5.41) is 21.3. The molecule has 3 nitrogen and oxygen atoms in total. The number of aliphatic hydroxyl groups is 2. The number of nitrogens with one attached hydrogen (secondary N) is 1. The van der Waals surface area contributed by atoms with Gasteiger partial charge in [-0.25, -0.2) is 8.78 Å². The summed E-state index contributed by atoms with van der Waals surface area (Å²) in [7, 11) is 0. The average molecular weight is 245 g/mol. The summed E-state index contributed by atoms with van der Waals surface area (Å²) in [5.41, 5.74) is -0.795. The van der Waals surface area contributed by atoms with Crippen molar-refractivity contribution in [3.8, 4) is 0 Å². The Labute approximate surface area is 99.1 Å². The molecule has 1 aromatic carbocycles. The van der Waals surface area contributed by atoms with Crippen LogP contribution in [0.25, 0.3) is 0 Å². The van der Waals surface area contributed by atoms with Crippen LogP contribution in [0.3, 0.4) is 0 Å². The van der Waals surface area contributed by atoms with Gasteiger partial charge < -0.3 is 15.5 Å². The molecule has 96 valence electrons. The highest BCUT2D eigenvalue weighted by molar-refractivity contribution is 5.20. The molecule has 0 aliphatic heterocycles. The van der Waals surface area contributed by atoms with Crippen molar-refractivity contribution in [1.82, 2.24) is 5.32 Å². The second-order valence-corrected chi connectivity index (χ2v) is 4.46. The number of halogens is 2. The fourth-order valence-corrected chi connectivity index (χ4v) is 1.37. The molecule has 0 saturated carbocycles. The van der Waals surface area contributed by atoms with Gasteiger partial charge in [-0.15, -0.1) is 0 Å². The van der Waals surface area contributed by atoms with Crippen LogP contribution in [0.1, 0.15) is 25.5 Å². The molecule has 1 aromatic rings. The molecule has 0 aliphatic rings. The zero-order valence-corrected chi connectivity index (χ0v) is 9.87. The molecule has 0 bridgehead atoms. The van der Waals surface area contributed by atoms with Crippen LogP contribution in [0.4, 0.5) is 8.78 Å². The van der Waals surface area contributed by atoms with Crippen molar-refractivity contribution in [1.29, 1.82) is 0 Å². The lowest BCUT2D eigenvalue weighted by atomic mass is 10.1. The molecule has 2 atom stereocenters. The van der Waals surface area contributed by atoms with Gasteiger partial charge in [-0.1, -0.05) is 0 Å². The number of hydrogen-bond donors (Lipinski definition) is 3. The second kappa shape index (κ2) is 5.53. The summed E-state index contributed by atoms with van der Waals surface area (Å²) < 4.78 is 25.9. The van der Waals surface area contributed by atoms with Gasteiger partial charge >= 0.3 is 0 Å². The first-order valence-corrected chi connectivity index (χ1v) is 5.37. The summed E-state index contributed by atoms with van der Waals surface area (Å²) in [6.45, 7) is 2.94. The highest BCUT2D eigenvalue weighted by atomic mass is 19.1. The molecular formula is C12H17F2NO2. The Bertz CT molecular complexity index is 363. The normalized spacial score (nSPS) is 16.6. The largest absolute Gasteiger partial charge is 0.393 e. The van der Waals surface area contributed by atoms with E-state index in [4.69, 9.17) is 5.11 Å². The zero-order valence-electron chi connectivity index (χ0n) is 9.87. The minimum atomic E-state index is -1.25. The van der Waals surface area contributed by atoms with Crippen molar-refractivity contribution in [3.05, 3.63) is 35.4 Å². The van der Waals surface area contributed by atoms with E-state index in [-0.39, 0.29) is 19.2 Å². The third kappa shape index (κ3) is 4.38. The van der Waals surface area contributed by atoms with E-state index in [1.165, 1.54) is 19.1 Å². The Morgan fingerprint density at radius 1 is 1.29 bits per heavy atom. The minimum absolute atomic E-state index is 0.128. The van der Waals surface area contributed by atoms with Gasteiger partial charge in [0.2, 0.25) is 0 Å². The van der Waals surface area contributed by atoms with Gasteiger partial charge in [0.1, 0.15) is 11.6 Å². The monoisotopic (exact) mass is 245 g/mol. The first-order chi connectivity index (χ1) is 7.84. The molecule has 0 fully saturated rings. The van der Waals surface area contributed by atoms with Gasteiger partial charge in [0.05, 0.1) is 12.2 Å². The first-order valence-electron chi connectivity index (χ1n) is 5.37. The van der Waals surface area contributed by atoms with Crippen LogP contribution < -0.4 is 5.32 Å². The molecule has 0 heterocycles. The van der Waals surface area contributed by atoms with Crippen molar-refractivity contribution >= 4 is 0 Å². The van der Waals surface area contributed by atoms with Crippen molar-refractivity contribution < 1.29 is 19.0 Å². The third-order valence-corrected chi connectivity index (χ3v) is 2.51. The summed E-state index contributed by atoms with van der Waals surface area (Å²) in [6, 6.07) is 2.95. The van der Waals surface area contributed by atoms with Gasteiger partial charge in [-0.2, -0.15) is 0 Å². The SMILES string of the molecule is CC(NCC(C)(O)CO)c1cc(F)cc(F)c1. The lowest BCUT2D eigenvalue weighted by molar-refractivity contribution is 0.00105. The molecule has 5 heteroatoms. The molecule has 0 spiro atoms. The predicted molar refractivity (Wildman–Crippen MR) is 60.5 cm³/mol. The van der Waals surface area contributed by atoms with Gasteiger partial charge in [0.25, 0.3) is 0 Å². The molecule has 0 radical (unpaired) electrons. The van der Waals surface area contributed by atoms with Gasteiger partial charge in [-0.05, 0) is 31.5 Å². The van der Waals surface area contributed by atoms with Gasteiger partial charge in [0.15, 0.2) is 0 Å². The Morgan fingerprint density at radius 2 is 1.82 bits per heavy atom. The number of aliphatic hydroxyl groups excluding tert-OH is 1. The number of benzene rings is 1. The van der Waals surface area contributed by atoms with E-state index < -0.39 is 17.2 Å². The highest BCUT2D eigenvalue weighted by Gasteiger charge is 2.20. The summed E-state index contributed by atoms with van der Waals surface area (Å²) in [4.78, 5) is 0. The quantitative estimate of drug-likeness (QED) is 0.734. The van der Waals surface area contributed by atoms with E-state index in [9.17, 15) is 13.9 Å². The van der Waals surface area contributed by atoms with E-state index in [0.29, 0.717) is 5.56 Å². The topological polar surface area (TPSA) is 52.5 Å². The van der Waals surface area contributed by atoms with Crippen molar-refractivity contribution in [3.63, 3.8) is 0 Å². The van der Waals surface area contributed by atoms with Crippen molar-refractivity contribution in [2.75, 3.05) is 13.2 Å². The minimum Gasteiger partial charge on any atom is -0.393 e. The zero-order chi connectivity index (χ0) is 13.1. The van der Waals surface area contributed by atoms with E-state index in [0.717, 1.165) is 6.07 Å². The molecule has 0 aliphatic carbocycles. The molecule has 1 rings (SSSR count). The van der Waals surface area contributed by atoms with Crippen LogP contribution in [0.2, 0.25) is 0 Å². The lowest BCUT2D eigenvalue weighted by Crippen LogP contribution is -2.41. The molecular weight excluding hydrogens is 228 g/mol. The van der Waals surface area contributed by atoms with E-state index in [1.54, 1.807) is 6.92 Å². The number of rotatable bonds is 5. The molecule has 2 unspecified atom stereocenters. The highest BCUT2D eigenvalue weighted by Crippen LogP contribution is 2.16. The summed E-state index contributed by atoms with van der Waals surface area (Å²) >= 11 is 0. The van der Waals surface area contributed by atoms with E-state index in [2.05, 4.69) is 5.32 Å². The van der Waals surface area contributed by atoms with Crippen molar-refractivity contribution in [2.45, 2.75) is 25.5 Å². The second-order valence-electron chi connectivity index (χ2n) is 4.46. The Kier molecular flexibility index (Phi) is 4.56. The number of hydrogen-bond acceptors (Lipinski definition) is 3. The Morgan fingerprint density at radius 3 is 2.29 bits per heavy atom. The van der Waals surface area contributed by atoms with Crippen LogP contribution in [-0.4, -0.2) is 29.0 Å². The van der Waals surface area contributed by atoms with Crippen LogP contribution in [0, 0.1) is 11.6 Å². The average Bonchev–Trinajstić information content (AvgIpc) is 2.24. The van der Waals surface area contributed by atoms with Crippen LogP contribution in [0.15, 0.2) is 18.2 Å². The molecule has 0 aromatic heterocycles. The van der Waals surface area contributed by atoms with E-state index in [1.807, 2.05) is 0 Å². The Hall–Kier alpha value is -1.04. The van der Waals surface area contributed by atoms with Crippen LogP contribution >= 0.6 is 0 Å². The molecule has 3 N–H and O–H groups in total. The predicted octanol–water partition coefficient (Wildman–Crippen LogP) is 1.36. The van der Waals surface area contributed by atoms with Gasteiger partial charge in [0, 0.05) is 18.7 Å². The van der Waals surface area contributed by atoms with Gasteiger partial charge in [-0.3, -0.25) is 0 Å². The fourth-order valence-electron chi connectivity index (χ4n) is 1.37. The molecule has 0 amide bonds. The first kappa shape index (κ1) is 14.0. The fraction of sp³-hybridized carbons (Fsp3) is 0.500. The molecule has 17 heavy (non-hydrogen) atoms. The standard InChI is InChI=1S/C12H17F2NO2/c1-8(15-6-12(2,17)7-16)9-3-10(13)5-11(14)4-9/h3-5,8,15-17H,6-7H2,1-2H3. The maximum absolute atomic E-state index is 13.0. The maximum Gasteiger partial charge on any atom is 0.126 e. The van der Waals surface area contributed by atoms with E-state index >= 15 is 0 Å².